The number of thiophene rings is 1. The summed E-state index contributed by atoms with van der Waals surface area (Å²) in [6.07, 6.45) is -1.67. The van der Waals surface area contributed by atoms with Gasteiger partial charge in [-0.15, -0.1) is 11.3 Å². The van der Waals surface area contributed by atoms with Gasteiger partial charge in [0.25, 0.3) is 0 Å². The Kier molecular flexibility index (Phi) is 7.79. The molecule has 1 aromatic heterocycles. The second kappa shape index (κ2) is 9.75. The van der Waals surface area contributed by atoms with E-state index in [1.807, 2.05) is 0 Å². The summed E-state index contributed by atoms with van der Waals surface area (Å²) < 4.78 is 52.4. The van der Waals surface area contributed by atoms with Gasteiger partial charge in [-0.25, -0.2) is 14.4 Å². The third-order valence-electron chi connectivity index (χ3n) is 4.82. The molecule has 1 aliphatic rings. The molecular formula is C19H26F3N3O5S. The SMILES string of the molecule is CCOC(=O)[C@@](NC(=O)N(C)C)(Nc1sc2c(c1C(=O)OC)CCCCC2)C(F)(F)F. The third kappa shape index (κ3) is 5.05. The lowest BCUT2D eigenvalue weighted by molar-refractivity contribution is -0.204. The van der Waals surface area contributed by atoms with E-state index in [1.165, 1.54) is 21.0 Å². The van der Waals surface area contributed by atoms with Gasteiger partial charge in [-0.05, 0) is 38.2 Å². The van der Waals surface area contributed by atoms with Crippen molar-refractivity contribution in [3.63, 3.8) is 0 Å². The van der Waals surface area contributed by atoms with Crippen molar-refractivity contribution in [3.05, 3.63) is 16.0 Å². The van der Waals surface area contributed by atoms with Crippen molar-refractivity contribution in [2.24, 2.45) is 0 Å². The van der Waals surface area contributed by atoms with Gasteiger partial charge >= 0.3 is 29.8 Å². The number of esters is 2. The number of urea groups is 1. The van der Waals surface area contributed by atoms with Crippen molar-refractivity contribution in [2.45, 2.75) is 50.9 Å². The van der Waals surface area contributed by atoms with Crippen LogP contribution in [0.3, 0.4) is 0 Å². The van der Waals surface area contributed by atoms with E-state index in [0.717, 1.165) is 47.5 Å². The number of halogens is 3. The molecule has 0 bridgehead atoms. The Morgan fingerprint density at radius 2 is 1.77 bits per heavy atom. The van der Waals surface area contributed by atoms with E-state index in [9.17, 15) is 27.6 Å². The molecule has 0 fully saturated rings. The second-order valence-corrected chi connectivity index (χ2v) is 8.28. The van der Waals surface area contributed by atoms with Gasteiger partial charge in [-0.3, -0.25) is 5.32 Å². The smallest absolute Gasteiger partial charge is 0.442 e. The van der Waals surface area contributed by atoms with Crippen molar-refractivity contribution in [1.82, 2.24) is 10.2 Å². The summed E-state index contributed by atoms with van der Waals surface area (Å²) in [5, 5.41) is 3.63. The van der Waals surface area contributed by atoms with Crippen LogP contribution < -0.4 is 10.6 Å². The summed E-state index contributed by atoms with van der Waals surface area (Å²) in [7, 11) is 3.59. The number of hydrogen-bond donors (Lipinski definition) is 2. The molecular weight excluding hydrogens is 439 g/mol. The molecule has 174 valence electrons. The number of carbonyl (C=O) groups is 3. The summed E-state index contributed by atoms with van der Waals surface area (Å²) in [5.74, 6) is -2.56. The Labute approximate surface area is 182 Å². The molecule has 0 radical (unpaired) electrons. The lowest BCUT2D eigenvalue weighted by atomic mass is 10.0. The fourth-order valence-electron chi connectivity index (χ4n) is 3.22. The quantitative estimate of drug-likeness (QED) is 0.380. The monoisotopic (exact) mass is 465 g/mol. The summed E-state index contributed by atoms with van der Waals surface area (Å²) in [5.41, 5.74) is -3.05. The van der Waals surface area contributed by atoms with Crippen LogP contribution in [-0.4, -0.2) is 62.5 Å². The number of nitrogens with zero attached hydrogens (tertiary/aromatic N) is 1. The predicted octanol–water partition coefficient (Wildman–Crippen LogP) is 3.31. The van der Waals surface area contributed by atoms with Crippen LogP contribution >= 0.6 is 11.3 Å². The Balaban J connectivity index is 2.67. The van der Waals surface area contributed by atoms with Crippen LogP contribution in [0.25, 0.3) is 0 Å². The highest BCUT2D eigenvalue weighted by atomic mass is 32.1. The van der Waals surface area contributed by atoms with E-state index in [2.05, 4.69) is 10.1 Å². The second-order valence-electron chi connectivity index (χ2n) is 7.18. The molecule has 8 nitrogen and oxygen atoms in total. The number of carbonyl (C=O) groups excluding carboxylic acids is 3. The molecule has 2 amide bonds. The number of amides is 2. The fraction of sp³-hybridized carbons (Fsp3) is 0.632. The maximum absolute atomic E-state index is 14.3. The Morgan fingerprint density at radius 3 is 2.32 bits per heavy atom. The first kappa shape index (κ1) is 24.8. The average Bonchev–Trinajstić information content (AvgIpc) is 2.86. The van der Waals surface area contributed by atoms with Crippen molar-refractivity contribution >= 4 is 34.3 Å². The van der Waals surface area contributed by atoms with Gasteiger partial charge in [0.15, 0.2) is 0 Å². The number of alkyl halides is 3. The van der Waals surface area contributed by atoms with Gasteiger partial charge in [-0.1, -0.05) is 6.42 Å². The highest BCUT2D eigenvalue weighted by Gasteiger charge is 2.64. The lowest BCUT2D eigenvalue weighted by Gasteiger charge is -2.35. The molecule has 0 spiro atoms. The minimum atomic E-state index is -5.29. The number of anilines is 1. The van der Waals surface area contributed by atoms with Gasteiger partial charge in [-0.2, -0.15) is 13.2 Å². The molecule has 2 N–H and O–H groups in total. The first-order chi connectivity index (χ1) is 14.5. The van der Waals surface area contributed by atoms with Crippen LogP contribution in [0.2, 0.25) is 0 Å². The highest BCUT2D eigenvalue weighted by molar-refractivity contribution is 7.16. The number of ether oxygens (including phenoxy) is 2. The fourth-order valence-corrected chi connectivity index (χ4v) is 4.55. The molecule has 0 aromatic carbocycles. The minimum Gasteiger partial charge on any atom is -0.465 e. The first-order valence-corrected chi connectivity index (χ1v) is 10.5. The normalized spacial score (nSPS) is 15.7. The van der Waals surface area contributed by atoms with Gasteiger partial charge in [0.2, 0.25) is 0 Å². The molecule has 0 saturated heterocycles. The van der Waals surface area contributed by atoms with E-state index in [1.54, 1.807) is 5.32 Å². The van der Waals surface area contributed by atoms with Crippen LogP contribution in [0.15, 0.2) is 0 Å². The average molecular weight is 465 g/mol. The molecule has 1 aliphatic carbocycles. The van der Waals surface area contributed by atoms with Crippen LogP contribution in [0.4, 0.5) is 23.0 Å². The summed E-state index contributed by atoms with van der Waals surface area (Å²) in [6, 6.07) is -1.17. The molecule has 1 atom stereocenters. The zero-order chi connectivity index (χ0) is 23.4. The van der Waals surface area contributed by atoms with Crippen molar-refractivity contribution in [2.75, 3.05) is 33.1 Å². The molecule has 0 saturated carbocycles. The number of methoxy groups -OCH3 is 1. The van der Waals surface area contributed by atoms with E-state index in [-0.39, 0.29) is 17.2 Å². The minimum absolute atomic E-state index is 0.0542. The number of fused-ring (bicyclic) bond motifs is 1. The number of nitrogens with one attached hydrogen (secondary N) is 2. The molecule has 0 unspecified atom stereocenters. The zero-order valence-electron chi connectivity index (χ0n) is 17.8. The summed E-state index contributed by atoms with van der Waals surface area (Å²) >= 11 is 0.948. The summed E-state index contributed by atoms with van der Waals surface area (Å²) in [6.45, 7) is 1.00. The van der Waals surface area contributed by atoms with E-state index in [4.69, 9.17) is 4.74 Å². The predicted molar refractivity (Wildman–Crippen MR) is 108 cm³/mol. The topological polar surface area (TPSA) is 97.0 Å². The van der Waals surface area contributed by atoms with E-state index < -0.39 is 29.8 Å². The summed E-state index contributed by atoms with van der Waals surface area (Å²) in [4.78, 5) is 38.9. The Bertz CT molecular complexity index is 840. The maximum Gasteiger partial charge on any atom is 0.442 e. The van der Waals surface area contributed by atoms with Crippen LogP contribution in [0, 0.1) is 0 Å². The molecule has 2 rings (SSSR count). The Morgan fingerprint density at radius 1 is 1.13 bits per heavy atom. The van der Waals surface area contributed by atoms with Gasteiger partial charge < -0.3 is 19.7 Å². The van der Waals surface area contributed by atoms with Crippen LogP contribution in [0.1, 0.15) is 47.0 Å². The van der Waals surface area contributed by atoms with Gasteiger partial charge in [0, 0.05) is 19.0 Å². The molecule has 12 heteroatoms. The highest BCUT2D eigenvalue weighted by Crippen LogP contribution is 2.42. The lowest BCUT2D eigenvalue weighted by Crippen LogP contribution is -2.70. The number of aryl methyl sites for hydroxylation is 1. The molecule has 31 heavy (non-hydrogen) atoms. The van der Waals surface area contributed by atoms with Crippen LogP contribution in [-0.2, 0) is 27.1 Å². The molecule has 1 aromatic rings. The molecule has 1 heterocycles. The van der Waals surface area contributed by atoms with E-state index >= 15 is 0 Å². The van der Waals surface area contributed by atoms with E-state index in [0.29, 0.717) is 18.4 Å². The van der Waals surface area contributed by atoms with Gasteiger partial charge in [0.1, 0.15) is 5.00 Å². The van der Waals surface area contributed by atoms with Crippen molar-refractivity contribution in [1.29, 1.82) is 0 Å². The maximum atomic E-state index is 14.3. The largest absolute Gasteiger partial charge is 0.465 e. The zero-order valence-corrected chi connectivity index (χ0v) is 18.6. The van der Waals surface area contributed by atoms with Crippen molar-refractivity contribution < 1.29 is 37.0 Å². The standard InChI is InChI=1S/C19H26F3N3O5S/c1-5-30-16(27)18(19(20,21)22,24-17(28)25(2)3)23-14-13(15(26)29-4)11-9-7-6-8-10-12(11)31-14/h23H,5-10H2,1-4H3,(H,24,28)/t18-/m0/s1. The van der Waals surface area contributed by atoms with Crippen molar-refractivity contribution in [3.8, 4) is 0 Å². The first-order valence-electron chi connectivity index (χ1n) is 9.72. The van der Waals surface area contributed by atoms with Gasteiger partial charge in [0.05, 0.1) is 19.3 Å². The molecule has 0 aliphatic heterocycles. The third-order valence-corrected chi connectivity index (χ3v) is 6.03. The Hall–Kier alpha value is -2.50. The number of rotatable bonds is 6. The van der Waals surface area contributed by atoms with Crippen LogP contribution in [0.5, 0.6) is 0 Å². The number of hydrogen-bond acceptors (Lipinski definition) is 7.